The molecular weight excluding hydrogens is 491 g/mol. The Morgan fingerprint density at radius 3 is 2.18 bits per heavy atom. The van der Waals surface area contributed by atoms with Gasteiger partial charge in [-0.1, -0.05) is 83.3 Å². The molecule has 0 saturated carbocycles. The number of nitrogens with zero attached hydrogens (tertiary/aromatic N) is 1. The van der Waals surface area contributed by atoms with Crippen LogP contribution in [-0.2, 0) is 29.0 Å². The highest BCUT2D eigenvalue weighted by Crippen LogP contribution is 2.24. The molecule has 7 heteroatoms. The molecule has 1 atom stereocenters. The Balaban J connectivity index is 1.98. The smallest absolute Gasteiger partial charge is 0.243 e. The largest absolute Gasteiger partial charge is 0.352 e. The van der Waals surface area contributed by atoms with Crippen molar-refractivity contribution in [3.63, 3.8) is 0 Å². The normalized spacial score (nSPS) is 11.8. The lowest BCUT2D eigenvalue weighted by Gasteiger charge is -2.32. The second-order valence-electron chi connectivity index (χ2n) is 8.45. The third-order valence-electron chi connectivity index (χ3n) is 5.28. The van der Waals surface area contributed by atoms with Crippen molar-refractivity contribution in [1.29, 1.82) is 0 Å². The second-order valence-corrected chi connectivity index (χ2v) is 9.70. The van der Waals surface area contributed by atoms with Crippen molar-refractivity contribution in [2.24, 2.45) is 0 Å². The number of nitrogens with one attached hydrogen (secondary N) is 1. The summed E-state index contributed by atoms with van der Waals surface area (Å²) in [6.07, 6.45) is 0.463. The van der Waals surface area contributed by atoms with Crippen LogP contribution in [0.5, 0.6) is 0 Å². The van der Waals surface area contributed by atoms with Crippen molar-refractivity contribution in [2.75, 3.05) is 0 Å². The first kappa shape index (κ1) is 26.1. The Hall–Kier alpha value is -2.53. The first-order valence-corrected chi connectivity index (χ1v) is 12.2. The van der Waals surface area contributed by atoms with Gasteiger partial charge in [-0.3, -0.25) is 9.59 Å². The molecule has 0 fully saturated rings. The van der Waals surface area contributed by atoms with Crippen LogP contribution in [0, 0.1) is 0 Å². The number of carbonyl (C=O) groups excluding carboxylic acids is 2. The molecule has 0 heterocycles. The summed E-state index contributed by atoms with van der Waals surface area (Å²) in [5.74, 6) is -0.401. The molecule has 0 unspecified atom stereocenters. The van der Waals surface area contributed by atoms with Crippen molar-refractivity contribution in [2.45, 2.75) is 45.3 Å². The van der Waals surface area contributed by atoms with Crippen LogP contribution in [0.4, 0.5) is 0 Å². The molecule has 0 saturated heterocycles. The Kier molecular flexibility index (Phi) is 9.40. The van der Waals surface area contributed by atoms with E-state index in [0.29, 0.717) is 21.5 Å². The van der Waals surface area contributed by atoms with Gasteiger partial charge in [0.2, 0.25) is 11.8 Å². The zero-order chi connectivity index (χ0) is 24.7. The predicted molar refractivity (Wildman–Crippen MR) is 139 cm³/mol. The predicted octanol–water partition coefficient (Wildman–Crippen LogP) is 6.35. The lowest BCUT2D eigenvalue weighted by atomic mass is 10.0. The van der Waals surface area contributed by atoms with Crippen molar-refractivity contribution < 1.29 is 9.59 Å². The van der Waals surface area contributed by atoms with Crippen molar-refractivity contribution >= 4 is 46.6 Å². The fraction of sp³-hybridized carbons (Fsp3) is 0.259. The molecule has 2 amide bonds. The quantitative estimate of drug-likeness (QED) is 0.359. The number of benzene rings is 3. The summed E-state index contributed by atoms with van der Waals surface area (Å²) in [6, 6.07) is 21.3. The highest BCUT2D eigenvalue weighted by Gasteiger charge is 2.30. The summed E-state index contributed by atoms with van der Waals surface area (Å²) in [7, 11) is 0. The second kappa shape index (κ2) is 12.3. The monoisotopic (exact) mass is 516 g/mol. The minimum atomic E-state index is -0.709. The fourth-order valence-electron chi connectivity index (χ4n) is 3.69. The zero-order valence-corrected chi connectivity index (χ0v) is 21.4. The number of rotatable bonds is 9. The standard InChI is InChI=1S/C27H27Cl3N2O2/c1-18(2)31-27(34)25(15-19-7-4-3-5-8-19)32(17-21-9-6-10-22(28)13-21)26(33)16-20-11-12-23(29)24(30)14-20/h3-14,18,25H,15-17H2,1-2H3,(H,31,34)/t25-/m1/s1. The van der Waals surface area contributed by atoms with Gasteiger partial charge in [-0.25, -0.2) is 0 Å². The van der Waals surface area contributed by atoms with E-state index in [2.05, 4.69) is 5.32 Å². The maximum Gasteiger partial charge on any atom is 0.243 e. The Morgan fingerprint density at radius 1 is 0.824 bits per heavy atom. The van der Waals surface area contributed by atoms with Crippen LogP contribution in [0.15, 0.2) is 72.8 Å². The molecule has 0 aliphatic heterocycles. The van der Waals surface area contributed by atoms with Gasteiger partial charge in [0, 0.05) is 24.0 Å². The Bertz CT molecular complexity index is 1140. The highest BCUT2D eigenvalue weighted by atomic mass is 35.5. The van der Waals surface area contributed by atoms with Gasteiger partial charge in [-0.2, -0.15) is 0 Å². The lowest BCUT2D eigenvalue weighted by molar-refractivity contribution is -0.141. The number of hydrogen-bond donors (Lipinski definition) is 1. The average Bonchev–Trinajstić information content (AvgIpc) is 2.79. The third-order valence-corrected chi connectivity index (χ3v) is 6.26. The average molecular weight is 518 g/mol. The summed E-state index contributed by atoms with van der Waals surface area (Å²) >= 11 is 18.4. The van der Waals surface area contributed by atoms with E-state index in [1.165, 1.54) is 0 Å². The van der Waals surface area contributed by atoms with E-state index in [0.717, 1.165) is 16.7 Å². The molecule has 3 rings (SSSR count). The number of carbonyl (C=O) groups is 2. The molecule has 3 aromatic carbocycles. The first-order chi connectivity index (χ1) is 16.2. The van der Waals surface area contributed by atoms with E-state index in [1.807, 2.05) is 56.3 Å². The van der Waals surface area contributed by atoms with Gasteiger partial charge in [0.15, 0.2) is 0 Å². The molecule has 0 radical (unpaired) electrons. The topological polar surface area (TPSA) is 49.4 Å². The molecule has 178 valence electrons. The van der Waals surface area contributed by atoms with Gasteiger partial charge in [0.05, 0.1) is 16.5 Å². The van der Waals surface area contributed by atoms with Gasteiger partial charge < -0.3 is 10.2 Å². The van der Waals surface area contributed by atoms with Crippen LogP contribution in [0.3, 0.4) is 0 Å². The molecule has 0 aliphatic rings. The number of hydrogen-bond acceptors (Lipinski definition) is 2. The van der Waals surface area contributed by atoms with E-state index >= 15 is 0 Å². The summed E-state index contributed by atoms with van der Waals surface area (Å²) in [5.41, 5.74) is 2.52. The van der Waals surface area contributed by atoms with Gasteiger partial charge in [-0.05, 0) is 54.8 Å². The van der Waals surface area contributed by atoms with Crippen LogP contribution in [0.2, 0.25) is 15.1 Å². The summed E-state index contributed by atoms with van der Waals surface area (Å²) in [5, 5.41) is 4.35. The van der Waals surface area contributed by atoms with Crippen LogP contribution in [-0.4, -0.2) is 28.8 Å². The summed E-state index contributed by atoms with van der Waals surface area (Å²) in [6.45, 7) is 4.04. The lowest BCUT2D eigenvalue weighted by Crippen LogP contribution is -2.52. The van der Waals surface area contributed by atoms with Crippen LogP contribution >= 0.6 is 34.8 Å². The van der Waals surface area contributed by atoms with E-state index in [-0.39, 0.29) is 30.8 Å². The number of halogens is 3. The van der Waals surface area contributed by atoms with Crippen molar-refractivity contribution in [3.8, 4) is 0 Å². The Morgan fingerprint density at radius 2 is 1.53 bits per heavy atom. The molecule has 0 bridgehead atoms. The third kappa shape index (κ3) is 7.49. The van der Waals surface area contributed by atoms with Gasteiger partial charge in [0.25, 0.3) is 0 Å². The zero-order valence-electron chi connectivity index (χ0n) is 19.1. The van der Waals surface area contributed by atoms with E-state index in [1.54, 1.807) is 35.2 Å². The number of amides is 2. The first-order valence-electron chi connectivity index (χ1n) is 11.0. The van der Waals surface area contributed by atoms with Crippen LogP contribution < -0.4 is 5.32 Å². The van der Waals surface area contributed by atoms with Gasteiger partial charge in [-0.15, -0.1) is 0 Å². The maximum atomic E-state index is 13.7. The van der Waals surface area contributed by atoms with Crippen molar-refractivity contribution in [3.05, 3.63) is 105 Å². The van der Waals surface area contributed by atoms with E-state index in [4.69, 9.17) is 34.8 Å². The summed E-state index contributed by atoms with van der Waals surface area (Å²) < 4.78 is 0. The maximum absolute atomic E-state index is 13.7. The minimum absolute atomic E-state index is 0.0658. The molecule has 34 heavy (non-hydrogen) atoms. The Labute approximate surface area is 215 Å². The molecule has 0 spiro atoms. The van der Waals surface area contributed by atoms with E-state index in [9.17, 15) is 9.59 Å². The highest BCUT2D eigenvalue weighted by molar-refractivity contribution is 6.42. The molecule has 1 N–H and O–H groups in total. The minimum Gasteiger partial charge on any atom is -0.352 e. The van der Waals surface area contributed by atoms with E-state index < -0.39 is 6.04 Å². The van der Waals surface area contributed by atoms with Crippen LogP contribution in [0.25, 0.3) is 0 Å². The van der Waals surface area contributed by atoms with Gasteiger partial charge >= 0.3 is 0 Å². The van der Waals surface area contributed by atoms with Crippen molar-refractivity contribution in [1.82, 2.24) is 10.2 Å². The van der Waals surface area contributed by atoms with Crippen LogP contribution in [0.1, 0.15) is 30.5 Å². The SMILES string of the molecule is CC(C)NC(=O)[C@@H](Cc1ccccc1)N(Cc1cccc(Cl)c1)C(=O)Cc1ccc(Cl)c(Cl)c1. The molecule has 0 aromatic heterocycles. The molecule has 4 nitrogen and oxygen atoms in total. The molecular formula is C27H27Cl3N2O2. The molecule has 3 aromatic rings. The fourth-order valence-corrected chi connectivity index (χ4v) is 4.23. The molecule has 0 aliphatic carbocycles. The van der Waals surface area contributed by atoms with Gasteiger partial charge in [0.1, 0.15) is 6.04 Å². The summed E-state index contributed by atoms with van der Waals surface area (Å²) in [4.78, 5) is 28.6.